The van der Waals surface area contributed by atoms with E-state index in [1.165, 1.54) is 0 Å². The minimum Gasteiger partial charge on any atom is -0.367 e. The Morgan fingerprint density at radius 1 is 1.33 bits per heavy atom. The maximum Gasteiger partial charge on any atom is 0.211 e. The Bertz CT molecular complexity index is 609. The first kappa shape index (κ1) is 14.0. The first-order chi connectivity index (χ1) is 10.3. The number of ketones is 1. The Kier molecular flexibility index (Phi) is 4.13. The van der Waals surface area contributed by atoms with E-state index in [-0.39, 0.29) is 5.78 Å². The minimum absolute atomic E-state index is 0.00509. The summed E-state index contributed by atoms with van der Waals surface area (Å²) in [6.07, 6.45) is 1.25. The minimum atomic E-state index is -0.405. The van der Waals surface area contributed by atoms with E-state index in [2.05, 4.69) is 16.9 Å². The van der Waals surface area contributed by atoms with Crippen molar-refractivity contribution in [3.63, 3.8) is 0 Å². The first-order valence-electron chi connectivity index (χ1n) is 7.27. The molecule has 2 heterocycles. The van der Waals surface area contributed by atoms with Gasteiger partial charge in [0, 0.05) is 13.1 Å². The van der Waals surface area contributed by atoms with Crippen LogP contribution in [-0.4, -0.2) is 52.8 Å². The second-order valence-corrected chi connectivity index (χ2v) is 5.08. The molecule has 3 rings (SSSR count). The molecule has 0 spiro atoms. The molecule has 1 unspecified atom stereocenters. The maximum atomic E-state index is 12.7. The molecular formula is C16H19N3O2. The zero-order chi connectivity index (χ0) is 14.7. The molecule has 5 nitrogen and oxygen atoms in total. The lowest BCUT2D eigenvalue weighted by Crippen LogP contribution is -2.46. The van der Waals surface area contributed by atoms with Gasteiger partial charge in [0.25, 0.3) is 0 Å². The van der Waals surface area contributed by atoms with Crippen LogP contribution in [0.25, 0.3) is 5.69 Å². The highest BCUT2D eigenvalue weighted by molar-refractivity contribution is 5.98. The number of likely N-dealkylation sites (N-methyl/N-ethyl adjacent to an activating group) is 1. The van der Waals surface area contributed by atoms with E-state index >= 15 is 0 Å². The number of nitrogens with zero attached hydrogens (tertiary/aromatic N) is 3. The van der Waals surface area contributed by atoms with Crippen molar-refractivity contribution in [1.82, 2.24) is 14.7 Å². The highest BCUT2D eigenvalue weighted by atomic mass is 16.5. The summed E-state index contributed by atoms with van der Waals surface area (Å²) in [5.74, 6) is -0.00509. The molecule has 1 aromatic heterocycles. The molecule has 0 saturated carbocycles. The summed E-state index contributed by atoms with van der Waals surface area (Å²) in [7, 11) is 0. The number of aromatic nitrogens is 2. The Balaban J connectivity index is 1.84. The maximum absolute atomic E-state index is 12.7. The number of rotatable bonds is 4. The van der Waals surface area contributed by atoms with Crippen LogP contribution in [0.5, 0.6) is 0 Å². The lowest BCUT2D eigenvalue weighted by molar-refractivity contribution is -0.0152. The first-order valence-corrected chi connectivity index (χ1v) is 7.27. The molecule has 1 atom stereocenters. The summed E-state index contributed by atoms with van der Waals surface area (Å²) in [4.78, 5) is 14.9. The van der Waals surface area contributed by atoms with E-state index in [0.717, 1.165) is 18.8 Å². The third-order valence-corrected chi connectivity index (χ3v) is 3.79. The number of para-hydroxylation sites is 1. The zero-order valence-corrected chi connectivity index (χ0v) is 12.1. The van der Waals surface area contributed by atoms with Gasteiger partial charge in [-0.2, -0.15) is 5.10 Å². The average molecular weight is 285 g/mol. The SMILES string of the molecule is CCN1CCOC(C(=O)c2ccnn2-c2ccccc2)C1. The number of carbonyl (C=O) groups is 1. The summed E-state index contributed by atoms with van der Waals surface area (Å²) in [6.45, 7) is 5.17. The van der Waals surface area contributed by atoms with E-state index in [4.69, 9.17) is 4.74 Å². The van der Waals surface area contributed by atoms with Crippen molar-refractivity contribution in [3.8, 4) is 5.69 Å². The number of benzene rings is 1. The Hall–Kier alpha value is -1.98. The second kappa shape index (κ2) is 6.20. The predicted octanol–water partition coefficient (Wildman–Crippen LogP) is 1.78. The fourth-order valence-corrected chi connectivity index (χ4v) is 2.58. The fraction of sp³-hybridized carbons (Fsp3) is 0.375. The zero-order valence-electron chi connectivity index (χ0n) is 12.1. The molecule has 5 heteroatoms. The normalized spacial score (nSPS) is 19.6. The van der Waals surface area contributed by atoms with Crippen LogP contribution in [0.15, 0.2) is 42.6 Å². The molecule has 0 N–H and O–H groups in total. The predicted molar refractivity (Wildman–Crippen MR) is 79.7 cm³/mol. The Morgan fingerprint density at radius 2 is 2.14 bits per heavy atom. The quantitative estimate of drug-likeness (QED) is 0.803. The standard InChI is InChI=1S/C16H19N3O2/c1-2-18-10-11-21-15(12-18)16(20)14-8-9-17-19(14)13-6-4-3-5-7-13/h3-9,15H,2,10-12H2,1H3. The largest absolute Gasteiger partial charge is 0.367 e. The number of hydrogen-bond donors (Lipinski definition) is 0. The number of Topliss-reactive ketones (excluding diaryl/α,β-unsaturated/α-hetero) is 1. The number of carbonyl (C=O) groups excluding carboxylic acids is 1. The molecule has 2 aromatic rings. The molecule has 0 radical (unpaired) electrons. The molecule has 1 aliphatic heterocycles. The molecule has 21 heavy (non-hydrogen) atoms. The summed E-state index contributed by atoms with van der Waals surface area (Å²) >= 11 is 0. The topological polar surface area (TPSA) is 47.4 Å². The molecule has 1 aromatic carbocycles. The average Bonchev–Trinajstić information content (AvgIpc) is 3.04. The van der Waals surface area contributed by atoms with Gasteiger partial charge in [0.05, 0.1) is 18.5 Å². The van der Waals surface area contributed by atoms with Crippen LogP contribution in [-0.2, 0) is 4.74 Å². The van der Waals surface area contributed by atoms with Crippen LogP contribution in [0.2, 0.25) is 0 Å². The highest BCUT2D eigenvalue weighted by Gasteiger charge is 2.29. The van der Waals surface area contributed by atoms with Gasteiger partial charge in [0.15, 0.2) is 0 Å². The van der Waals surface area contributed by atoms with Crippen LogP contribution in [0.3, 0.4) is 0 Å². The van der Waals surface area contributed by atoms with Gasteiger partial charge in [-0.15, -0.1) is 0 Å². The summed E-state index contributed by atoms with van der Waals surface area (Å²) in [6, 6.07) is 11.4. The molecule has 1 saturated heterocycles. The van der Waals surface area contributed by atoms with Crippen molar-refractivity contribution in [1.29, 1.82) is 0 Å². The molecule has 0 aliphatic carbocycles. The molecule has 1 fully saturated rings. The fourth-order valence-electron chi connectivity index (χ4n) is 2.58. The van der Waals surface area contributed by atoms with Crippen molar-refractivity contribution in [2.75, 3.05) is 26.2 Å². The number of morpholine rings is 1. The molecule has 110 valence electrons. The van der Waals surface area contributed by atoms with Gasteiger partial charge in [-0.05, 0) is 24.7 Å². The van der Waals surface area contributed by atoms with Gasteiger partial charge >= 0.3 is 0 Å². The number of hydrogen-bond acceptors (Lipinski definition) is 4. The Labute approximate surface area is 124 Å². The third-order valence-electron chi connectivity index (χ3n) is 3.79. The molecule has 0 amide bonds. The van der Waals surface area contributed by atoms with E-state index < -0.39 is 6.10 Å². The van der Waals surface area contributed by atoms with Gasteiger partial charge < -0.3 is 4.74 Å². The smallest absolute Gasteiger partial charge is 0.211 e. The van der Waals surface area contributed by atoms with Crippen LogP contribution >= 0.6 is 0 Å². The number of ether oxygens (including phenoxy) is 1. The summed E-state index contributed by atoms with van der Waals surface area (Å²) in [5.41, 5.74) is 1.46. The van der Waals surface area contributed by atoms with E-state index in [0.29, 0.717) is 18.8 Å². The Morgan fingerprint density at radius 3 is 2.90 bits per heavy atom. The second-order valence-electron chi connectivity index (χ2n) is 5.08. The van der Waals surface area contributed by atoms with Crippen LogP contribution in [0.1, 0.15) is 17.4 Å². The van der Waals surface area contributed by atoms with E-state index in [9.17, 15) is 4.79 Å². The van der Waals surface area contributed by atoms with Gasteiger partial charge in [0.2, 0.25) is 5.78 Å². The molecular weight excluding hydrogens is 266 g/mol. The van der Waals surface area contributed by atoms with Crippen molar-refractivity contribution in [3.05, 3.63) is 48.3 Å². The van der Waals surface area contributed by atoms with Crippen molar-refractivity contribution >= 4 is 5.78 Å². The lowest BCUT2D eigenvalue weighted by Gasteiger charge is -2.31. The monoisotopic (exact) mass is 285 g/mol. The van der Waals surface area contributed by atoms with E-state index in [1.807, 2.05) is 30.3 Å². The van der Waals surface area contributed by atoms with Gasteiger partial charge in [0.1, 0.15) is 11.8 Å². The van der Waals surface area contributed by atoms with Crippen LogP contribution < -0.4 is 0 Å². The van der Waals surface area contributed by atoms with Gasteiger partial charge in [-0.25, -0.2) is 4.68 Å². The van der Waals surface area contributed by atoms with Gasteiger partial charge in [-0.3, -0.25) is 9.69 Å². The molecule has 1 aliphatic rings. The van der Waals surface area contributed by atoms with Gasteiger partial charge in [-0.1, -0.05) is 25.1 Å². The highest BCUT2D eigenvalue weighted by Crippen LogP contribution is 2.15. The summed E-state index contributed by atoms with van der Waals surface area (Å²) in [5, 5.41) is 4.27. The van der Waals surface area contributed by atoms with Crippen LogP contribution in [0.4, 0.5) is 0 Å². The van der Waals surface area contributed by atoms with Crippen molar-refractivity contribution in [2.45, 2.75) is 13.0 Å². The molecule has 0 bridgehead atoms. The van der Waals surface area contributed by atoms with Crippen molar-refractivity contribution < 1.29 is 9.53 Å². The van der Waals surface area contributed by atoms with Crippen molar-refractivity contribution in [2.24, 2.45) is 0 Å². The van der Waals surface area contributed by atoms with Crippen LogP contribution in [0, 0.1) is 0 Å². The summed E-state index contributed by atoms with van der Waals surface area (Å²) < 4.78 is 7.33. The van der Waals surface area contributed by atoms with E-state index in [1.54, 1.807) is 16.9 Å². The third kappa shape index (κ3) is 2.89. The lowest BCUT2D eigenvalue weighted by atomic mass is 10.1.